The Morgan fingerprint density at radius 3 is 2.78 bits per heavy atom. The topological polar surface area (TPSA) is 59.6 Å². The van der Waals surface area contributed by atoms with E-state index in [0.29, 0.717) is 18.0 Å². The van der Waals surface area contributed by atoms with Crippen LogP contribution in [0, 0.1) is 0 Å². The first-order valence-electron chi connectivity index (χ1n) is 8.84. The number of methoxy groups -OCH3 is 1. The second-order valence-electron chi connectivity index (χ2n) is 6.31. The molecule has 0 saturated carbocycles. The van der Waals surface area contributed by atoms with E-state index in [1.54, 1.807) is 13.2 Å². The maximum atomic E-state index is 11.7. The highest BCUT2D eigenvalue weighted by Crippen LogP contribution is 2.39. The van der Waals surface area contributed by atoms with Crippen LogP contribution in [0.15, 0.2) is 59.6 Å². The molecule has 0 bridgehead atoms. The van der Waals surface area contributed by atoms with Gasteiger partial charge in [-0.1, -0.05) is 36.9 Å². The first kappa shape index (κ1) is 19.5. The summed E-state index contributed by atoms with van der Waals surface area (Å²) >= 11 is 3.59. The molecule has 1 aliphatic rings. The van der Waals surface area contributed by atoms with Crippen molar-refractivity contribution in [3.63, 3.8) is 0 Å². The summed E-state index contributed by atoms with van der Waals surface area (Å²) in [5.74, 6) is 1.30. The fourth-order valence-corrected chi connectivity index (χ4v) is 3.62. The smallest absolute Gasteiger partial charge is 0.237 e. The lowest BCUT2D eigenvalue weighted by Crippen LogP contribution is -2.35. The number of halogens is 1. The van der Waals surface area contributed by atoms with Crippen LogP contribution in [0.1, 0.15) is 23.7 Å². The van der Waals surface area contributed by atoms with Crippen molar-refractivity contribution in [2.24, 2.45) is 0 Å². The van der Waals surface area contributed by atoms with Gasteiger partial charge in [0.05, 0.1) is 17.6 Å². The van der Waals surface area contributed by atoms with E-state index < -0.39 is 0 Å². The molecule has 142 valence electrons. The highest BCUT2D eigenvalue weighted by molar-refractivity contribution is 9.10. The zero-order chi connectivity index (χ0) is 19.2. The van der Waals surface area contributed by atoms with E-state index in [2.05, 4.69) is 33.1 Å². The second-order valence-corrected chi connectivity index (χ2v) is 7.16. The molecule has 0 aliphatic carbocycles. The van der Waals surface area contributed by atoms with E-state index in [1.807, 2.05) is 42.5 Å². The molecule has 0 spiro atoms. The predicted octanol–water partition coefficient (Wildman–Crippen LogP) is 3.74. The molecule has 6 heteroatoms. The lowest BCUT2D eigenvalue weighted by atomic mass is 10.1. The van der Waals surface area contributed by atoms with Gasteiger partial charge >= 0.3 is 0 Å². The molecular weight excluding hydrogens is 408 g/mol. The molecule has 2 N–H and O–H groups in total. The molecule has 2 aromatic carbocycles. The zero-order valence-electron chi connectivity index (χ0n) is 15.2. The highest BCUT2D eigenvalue weighted by atomic mass is 79.9. The minimum atomic E-state index is -0.289. The summed E-state index contributed by atoms with van der Waals surface area (Å²) in [6, 6.07) is 13.6. The third kappa shape index (κ3) is 4.70. The third-order valence-electron chi connectivity index (χ3n) is 4.48. The van der Waals surface area contributed by atoms with Gasteiger partial charge in [0, 0.05) is 13.1 Å². The number of carbonyl (C=O) groups is 1. The van der Waals surface area contributed by atoms with Gasteiger partial charge < -0.3 is 20.1 Å². The Morgan fingerprint density at radius 2 is 2.15 bits per heavy atom. The fraction of sp³-hybridized carbons (Fsp3) is 0.286. The fourth-order valence-electron chi connectivity index (χ4n) is 3.04. The third-order valence-corrected chi connectivity index (χ3v) is 5.07. The Balaban J connectivity index is 1.77. The van der Waals surface area contributed by atoms with Crippen molar-refractivity contribution in [3.05, 3.63) is 70.7 Å². The molecule has 1 heterocycles. The average molecular weight is 431 g/mol. The number of hydrogen-bond acceptors (Lipinski definition) is 4. The van der Waals surface area contributed by atoms with E-state index in [0.717, 1.165) is 28.6 Å². The van der Waals surface area contributed by atoms with Gasteiger partial charge in [0.15, 0.2) is 11.5 Å². The maximum absolute atomic E-state index is 11.7. The van der Waals surface area contributed by atoms with Crippen LogP contribution in [0.2, 0.25) is 0 Å². The Hall–Kier alpha value is -2.31. The second kappa shape index (κ2) is 9.06. The monoisotopic (exact) mass is 430 g/mol. The molecule has 0 aromatic heterocycles. The number of carbonyl (C=O) groups excluding carboxylic acids is 1. The number of hydrogen-bond donors (Lipinski definition) is 2. The summed E-state index contributed by atoms with van der Waals surface area (Å²) in [6.45, 7) is 5.18. The predicted molar refractivity (Wildman–Crippen MR) is 109 cm³/mol. The highest BCUT2D eigenvalue weighted by Gasteiger charge is 2.23. The summed E-state index contributed by atoms with van der Waals surface area (Å²) in [5.41, 5.74) is 2.01. The normalized spacial score (nSPS) is 17.3. The molecule has 1 amide bonds. The molecule has 3 rings (SSSR count). The van der Waals surface area contributed by atoms with Crippen LogP contribution < -0.4 is 20.1 Å². The minimum absolute atomic E-state index is 0.0534. The van der Waals surface area contributed by atoms with E-state index >= 15 is 0 Å². The van der Waals surface area contributed by atoms with Crippen molar-refractivity contribution in [1.29, 1.82) is 0 Å². The van der Waals surface area contributed by atoms with Crippen LogP contribution in [0.25, 0.3) is 0 Å². The van der Waals surface area contributed by atoms with Crippen LogP contribution in [0.4, 0.5) is 0 Å². The molecule has 1 aliphatic heterocycles. The van der Waals surface area contributed by atoms with Crippen molar-refractivity contribution in [3.8, 4) is 11.5 Å². The summed E-state index contributed by atoms with van der Waals surface area (Å²) in [6.07, 6.45) is 2.27. The number of rotatable bonds is 8. The molecule has 0 radical (unpaired) electrons. The van der Waals surface area contributed by atoms with Crippen molar-refractivity contribution >= 4 is 21.8 Å². The molecule has 2 atom stereocenters. The minimum Gasteiger partial charge on any atom is -0.493 e. The van der Waals surface area contributed by atoms with Gasteiger partial charge in [-0.2, -0.15) is 0 Å². The molecule has 1 saturated heterocycles. The molecule has 1 fully saturated rings. The summed E-state index contributed by atoms with van der Waals surface area (Å²) in [5, 5.41) is 6.11. The average Bonchev–Trinajstić information content (AvgIpc) is 3.10. The largest absolute Gasteiger partial charge is 0.493 e. The van der Waals surface area contributed by atoms with E-state index in [4.69, 9.17) is 9.47 Å². The molecule has 2 unspecified atom stereocenters. The first-order valence-corrected chi connectivity index (χ1v) is 9.63. The maximum Gasteiger partial charge on any atom is 0.237 e. The first-order chi connectivity index (χ1) is 13.1. The zero-order valence-corrected chi connectivity index (χ0v) is 16.8. The standard InChI is InChI=1S/C21H23BrN2O3/c1-3-18(15-7-5-4-6-8-15)27-20-16(22)11-14(12-19(20)26-2)13-24-17-9-10-23-21(17)25/h3-8,11-12,17-18,24H,1,9-10,13H2,2H3,(H,23,25). The Labute approximate surface area is 167 Å². The van der Waals surface area contributed by atoms with Gasteiger partial charge in [-0.25, -0.2) is 0 Å². The summed E-state index contributed by atoms with van der Waals surface area (Å²) < 4.78 is 12.5. The molecular formula is C21H23BrN2O3. The molecule has 2 aromatic rings. The Morgan fingerprint density at radius 1 is 1.37 bits per heavy atom. The number of ether oxygens (including phenoxy) is 2. The lowest BCUT2D eigenvalue weighted by Gasteiger charge is -2.20. The van der Waals surface area contributed by atoms with Crippen LogP contribution in [0.5, 0.6) is 11.5 Å². The number of nitrogens with one attached hydrogen (secondary N) is 2. The quantitative estimate of drug-likeness (QED) is 0.626. The van der Waals surface area contributed by atoms with Crippen molar-refractivity contribution in [1.82, 2.24) is 10.6 Å². The summed E-state index contributed by atoms with van der Waals surface area (Å²) in [4.78, 5) is 11.7. The number of benzene rings is 2. The lowest BCUT2D eigenvalue weighted by molar-refractivity contribution is -0.120. The van der Waals surface area contributed by atoms with Crippen molar-refractivity contribution in [2.75, 3.05) is 13.7 Å². The van der Waals surface area contributed by atoms with Gasteiger partial charge in [0.2, 0.25) is 5.91 Å². The van der Waals surface area contributed by atoms with E-state index in [9.17, 15) is 4.79 Å². The van der Waals surface area contributed by atoms with Crippen LogP contribution in [0.3, 0.4) is 0 Å². The Kier molecular flexibility index (Phi) is 6.53. The van der Waals surface area contributed by atoms with E-state index in [1.165, 1.54) is 0 Å². The van der Waals surface area contributed by atoms with Crippen LogP contribution in [-0.4, -0.2) is 25.6 Å². The number of amides is 1. The van der Waals surface area contributed by atoms with Gasteiger partial charge in [-0.05, 0) is 51.7 Å². The molecule has 27 heavy (non-hydrogen) atoms. The van der Waals surface area contributed by atoms with Crippen molar-refractivity contribution < 1.29 is 14.3 Å². The van der Waals surface area contributed by atoms with E-state index in [-0.39, 0.29) is 18.1 Å². The Bertz CT molecular complexity index is 811. The van der Waals surface area contributed by atoms with Crippen LogP contribution in [-0.2, 0) is 11.3 Å². The van der Waals surface area contributed by atoms with Gasteiger partial charge in [-0.15, -0.1) is 0 Å². The van der Waals surface area contributed by atoms with Crippen LogP contribution >= 0.6 is 15.9 Å². The van der Waals surface area contributed by atoms with Gasteiger partial charge in [-0.3, -0.25) is 4.79 Å². The van der Waals surface area contributed by atoms with Gasteiger partial charge in [0.25, 0.3) is 0 Å². The molecule has 5 nitrogen and oxygen atoms in total. The SMILES string of the molecule is C=CC(Oc1c(Br)cc(CNC2CCNC2=O)cc1OC)c1ccccc1. The van der Waals surface area contributed by atoms with Crippen molar-refractivity contribution in [2.45, 2.75) is 25.1 Å². The van der Waals surface area contributed by atoms with Gasteiger partial charge in [0.1, 0.15) is 6.10 Å². The summed E-state index contributed by atoms with van der Waals surface area (Å²) in [7, 11) is 1.61.